The summed E-state index contributed by atoms with van der Waals surface area (Å²) in [6, 6.07) is 12.2. The average Bonchev–Trinajstić information content (AvgIpc) is 2.91. The molecule has 1 atom stereocenters. The number of alkyl halides is 6. The number of ether oxygens (including phenoxy) is 1. The molecule has 0 bridgehead atoms. The fourth-order valence-corrected chi connectivity index (χ4v) is 2.69. The van der Waals surface area contributed by atoms with Crippen molar-refractivity contribution in [2.45, 2.75) is 18.5 Å². The number of halogens is 7. The number of rotatable bonds is 6. The maximum atomic E-state index is 12.6. The molecule has 1 amide bonds. The van der Waals surface area contributed by atoms with Crippen molar-refractivity contribution in [2.24, 2.45) is 0 Å². The van der Waals surface area contributed by atoms with Gasteiger partial charge in [0.2, 0.25) is 5.88 Å². The van der Waals surface area contributed by atoms with E-state index >= 15 is 0 Å². The highest BCUT2D eigenvalue weighted by Gasteiger charge is 2.38. The highest BCUT2D eigenvalue weighted by Crippen LogP contribution is 2.24. The number of carbonyl (C=O) groups is 3. The van der Waals surface area contributed by atoms with Gasteiger partial charge >= 0.3 is 24.3 Å². The third kappa shape index (κ3) is 12.1. The Morgan fingerprint density at radius 3 is 1.85 bits per heavy atom. The molecule has 0 radical (unpaired) electrons. The van der Waals surface area contributed by atoms with Crippen LogP contribution in [0.1, 0.15) is 22.0 Å². The van der Waals surface area contributed by atoms with E-state index < -0.39 is 30.4 Å². The van der Waals surface area contributed by atoms with E-state index in [1.54, 1.807) is 48.9 Å². The number of amides is 1. The van der Waals surface area contributed by atoms with Crippen molar-refractivity contribution >= 4 is 29.4 Å². The van der Waals surface area contributed by atoms with Crippen molar-refractivity contribution in [1.29, 1.82) is 0 Å². The Morgan fingerprint density at radius 2 is 1.41 bits per heavy atom. The highest BCUT2D eigenvalue weighted by molar-refractivity contribution is 6.30. The van der Waals surface area contributed by atoms with Gasteiger partial charge in [0.05, 0.1) is 13.2 Å². The standard InChI is InChI=1S/C20H18ClN3O3.2C2HF3O2/c1-27-20-17(10-15(11-24-20)13-6-8-22-9-7-13)19(26)23-12-18(25)14-2-4-16(21)5-3-14;2*3-2(4,5)1(6)7/h2-11,18,25H,12H2,1H3,(H,23,26);2*(H,6,7). The molecule has 0 fully saturated rings. The number of methoxy groups -OCH3 is 1. The zero-order chi connectivity index (χ0) is 31.4. The number of pyridine rings is 2. The van der Waals surface area contributed by atoms with E-state index in [2.05, 4.69) is 15.3 Å². The Hall–Kier alpha value is -4.44. The number of aromatic nitrogens is 2. The van der Waals surface area contributed by atoms with Crippen molar-refractivity contribution in [1.82, 2.24) is 15.3 Å². The first-order valence-corrected chi connectivity index (χ1v) is 11.1. The minimum Gasteiger partial charge on any atom is -0.480 e. The van der Waals surface area contributed by atoms with E-state index in [-0.39, 0.29) is 23.9 Å². The van der Waals surface area contributed by atoms with E-state index in [1.807, 2.05) is 12.1 Å². The number of aliphatic carboxylic acids is 2. The summed E-state index contributed by atoms with van der Waals surface area (Å²) in [7, 11) is 1.45. The molecule has 2 aromatic heterocycles. The van der Waals surface area contributed by atoms with Crippen molar-refractivity contribution in [3.63, 3.8) is 0 Å². The second-order valence-corrected chi connectivity index (χ2v) is 7.84. The van der Waals surface area contributed by atoms with E-state index in [4.69, 9.17) is 36.1 Å². The second-order valence-electron chi connectivity index (χ2n) is 7.40. The highest BCUT2D eigenvalue weighted by atomic mass is 35.5. The van der Waals surface area contributed by atoms with Crippen LogP contribution in [0.2, 0.25) is 5.02 Å². The van der Waals surface area contributed by atoms with Crippen LogP contribution in [0.5, 0.6) is 5.88 Å². The van der Waals surface area contributed by atoms with Crippen molar-refractivity contribution in [3.05, 3.63) is 77.2 Å². The van der Waals surface area contributed by atoms with Crippen molar-refractivity contribution in [2.75, 3.05) is 13.7 Å². The fraction of sp³-hybridized carbons (Fsp3) is 0.208. The molecule has 3 aromatic rings. The summed E-state index contributed by atoms with van der Waals surface area (Å²) in [5, 5.41) is 27.8. The lowest BCUT2D eigenvalue weighted by Crippen LogP contribution is -2.29. The lowest BCUT2D eigenvalue weighted by molar-refractivity contribution is -0.193. The molecular formula is C24H20ClF6N3O7. The van der Waals surface area contributed by atoms with E-state index in [0.717, 1.165) is 11.1 Å². The van der Waals surface area contributed by atoms with Crippen LogP contribution in [0.25, 0.3) is 11.1 Å². The van der Waals surface area contributed by atoms with Crippen LogP contribution in [-0.2, 0) is 9.59 Å². The summed E-state index contributed by atoms with van der Waals surface area (Å²) < 4.78 is 68.7. The Morgan fingerprint density at radius 1 is 0.927 bits per heavy atom. The molecule has 1 unspecified atom stereocenters. The van der Waals surface area contributed by atoms with Gasteiger partial charge < -0.3 is 25.4 Å². The molecule has 0 saturated heterocycles. The van der Waals surface area contributed by atoms with Crippen molar-refractivity contribution < 1.29 is 60.8 Å². The topological polar surface area (TPSA) is 159 Å². The molecule has 0 aliphatic heterocycles. The smallest absolute Gasteiger partial charge is 0.480 e. The molecule has 0 spiro atoms. The molecule has 41 heavy (non-hydrogen) atoms. The number of aliphatic hydroxyl groups excluding tert-OH is 1. The van der Waals surface area contributed by atoms with Gasteiger partial charge in [0.1, 0.15) is 5.56 Å². The summed E-state index contributed by atoms with van der Waals surface area (Å²) in [5.74, 6) is -5.69. The van der Waals surface area contributed by atoms with Gasteiger partial charge in [-0.25, -0.2) is 14.6 Å². The number of carboxylic acid groups (broad SMARTS) is 2. The van der Waals surface area contributed by atoms with Crippen molar-refractivity contribution in [3.8, 4) is 17.0 Å². The minimum absolute atomic E-state index is 0.0447. The van der Waals surface area contributed by atoms with Gasteiger partial charge in [-0.05, 0) is 41.5 Å². The lowest BCUT2D eigenvalue weighted by Gasteiger charge is -2.14. The molecule has 1 aromatic carbocycles. The zero-order valence-corrected chi connectivity index (χ0v) is 21.3. The summed E-state index contributed by atoms with van der Waals surface area (Å²) in [6.07, 6.45) is -6.05. The lowest BCUT2D eigenvalue weighted by atomic mass is 10.1. The average molecular weight is 612 g/mol. The third-order valence-electron chi connectivity index (χ3n) is 4.50. The third-order valence-corrected chi connectivity index (χ3v) is 4.75. The van der Waals surface area contributed by atoms with Crippen LogP contribution in [-0.4, -0.2) is 69.1 Å². The van der Waals surface area contributed by atoms with Crippen LogP contribution in [0.15, 0.2) is 61.1 Å². The Bertz CT molecular complexity index is 1280. The van der Waals surface area contributed by atoms with Gasteiger partial charge in [-0.15, -0.1) is 0 Å². The summed E-state index contributed by atoms with van der Waals surface area (Å²) >= 11 is 5.85. The van der Waals surface area contributed by atoms with Gasteiger partial charge in [-0.2, -0.15) is 26.3 Å². The van der Waals surface area contributed by atoms with Gasteiger partial charge in [-0.1, -0.05) is 23.7 Å². The van der Waals surface area contributed by atoms with Crippen LogP contribution < -0.4 is 10.1 Å². The number of hydrogen-bond acceptors (Lipinski definition) is 7. The molecule has 2 heterocycles. The predicted octanol–water partition coefficient (Wildman–Crippen LogP) is 4.54. The first-order chi connectivity index (χ1) is 19.0. The normalized spacial score (nSPS) is 11.5. The van der Waals surface area contributed by atoms with Gasteiger partial charge in [0.25, 0.3) is 5.91 Å². The summed E-state index contributed by atoms with van der Waals surface area (Å²) in [6.45, 7) is 0.0447. The van der Waals surface area contributed by atoms with Gasteiger partial charge in [-0.3, -0.25) is 9.78 Å². The van der Waals surface area contributed by atoms with Crippen LogP contribution >= 0.6 is 11.6 Å². The van der Waals surface area contributed by atoms with Gasteiger partial charge in [0, 0.05) is 35.7 Å². The molecular weight excluding hydrogens is 592 g/mol. The first-order valence-electron chi connectivity index (χ1n) is 10.7. The van der Waals surface area contributed by atoms with Gasteiger partial charge in [0.15, 0.2) is 0 Å². The van der Waals surface area contributed by atoms with E-state index in [1.165, 1.54) is 7.11 Å². The number of benzene rings is 1. The van der Waals surface area contributed by atoms with E-state index in [0.29, 0.717) is 10.6 Å². The number of carboxylic acids is 2. The Balaban J connectivity index is 0.000000497. The second kappa shape index (κ2) is 15.4. The first kappa shape index (κ1) is 34.6. The van der Waals surface area contributed by atoms with Crippen LogP contribution in [0, 0.1) is 0 Å². The van der Waals surface area contributed by atoms with Crippen LogP contribution in [0.3, 0.4) is 0 Å². The number of carbonyl (C=O) groups excluding carboxylic acids is 1. The van der Waals surface area contributed by atoms with Crippen LogP contribution in [0.4, 0.5) is 26.3 Å². The summed E-state index contributed by atoms with van der Waals surface area (Å²) in [4.78, 5) is 38.6. The number of aliphatic hydroxyl groups is 1. The summed E-state index contributed by atoms with van der Waals surface area (Å²) in [5.41, 5.74) is 2.60. The monoisotopic (exact) mass is 611 g/mol. The molecule has 3 rings (SSSR count). The molecule has 0 aliphatic rings. The maximum absolute atomic E-state index is 12.6. The largest absolute Gasteiger partial charge is 0.490 e. The fourth-order valence-electron chi connectivity index (χ4n) is 2.57. The Kier molecular flexibility index (Phi) is 13.0. The number of nitrogens with zero attached hydrogens (tertiary/aromatic N) is 2. The molecule has 4 N–H and O–H groups in total. The van der Waals surface area contributed by atoms with E-state index in [9.17, 15) is 36.2 Å². The number of nitrogens with one attached hydrogen (secondary N) is 1. The molecule has 0 aliphatic carbocycles. The minimum atomic E-state index is -5.08. The molecule has 17 heteroatoms. The molecule has 10 nitrogen and oxygen atoms in total. The number of hydrogen-bond donors (Lipinski definition) is 4. The SMILES string of the molecule is COc1ncc(-c2ccncc2)cc1C(=O)NCC(O)c1ccc(Cl)cc1.O=C(O)C(F)(F)F.O=C(O)C(F)(F)F. The zero-order valence-electron chi connectivity index (χ0n) is 20.6. The maximum Gasteiger partial charge on any atom is 0.490 e. The predicted molar refractivity (Wildman–Crippen MR) is 130 cm³/mol. The molecule has 222 valence electrons. The Labute approximate surface area is 232 Å². The molecule has 0 saturated carbocycles. The quantitative estimate of drug-likeness (QED) is 0.294.